The van der Waals surface area contributed by atoms with Crippen molar-refractivity contribution < 1.29 is 0 Å². The summed E-state index contributed by atoms with van der Waals surface area (Å²) in [6, 6.07) is 89.8. The van der Waals surface area contributed by atoms with Crippen molar-refractivity contribution in [3.8, 4) is 95.5 Å². The van der Waals surface area contributed by atoms with Crippen molar-refractivity contribution in [1.29, 1.82) is 0 Å². The van der Waals surface area contributed by atoms with Crippen LogP contribution in [0.25, 0.3) is 117 Å². The first kappa shape index (κ1) is 39.6. The summed E-state index contributed by atoms with van der Waals surface area (Å²) in [6.07, 6.45) is 0. The average molecular weight is 855 g/mol. The third-order valence-corrected chi connectivity index (χ3v) is 12.6. The smallest absolute Gasteiger partial charge is 0.160 e. The van der Waals surface area contributed by atoms with Gasteiger partial charge in [-0.3, -0.25) is 0 Å². The van der Waals surface area contributed by atoms with Gasteiger partial charge in [0, 0.05) is 61.0 Å². The van der Waals surface area contributed by atoms with Crippen LogP contribution < -0.4 is 0 Å². The normalized spacial score (nSPS) is 11.3. The molecule has 314 valence electrons. The maximum absolute atomic E-state index is 5.66. The fraction of sp³-hybridized carbons (Fsp3) is 0. The van der Waals surface area contributed by atoms with Crippen LogP contribution in [0.3, 0.4) is 0 Å². The highest BCUT2D eigenvalue weighted by atomic mass is 15.0. The Labute approximate surface area is 389 Å². The summed E-state index contributed by atoms with van der Waals surface area (Å²) in [7, 11) is 0. The number of pyridine rings is 1. The van der Waals surface area contributed by atoms with Crippen LogP contribution in [-0.4, -0.2) is 19.5 Å². The van der Waals surface area contributed by atoms with Crippen molar-refractivity contribution >= 4 is 21.8 Å². The highest BCUT2D eigenvalue weighted by Gasteiger charge is 2.26. The molecule has 0 radical (unpaired) electrons. The van der Waals surface area contributed by atoms with Gasteiger partial charge in [-0.15, -0.1) is 0 Å². The van der Waals surface area contributed by atoms with Crippen LogP contribution in [0.1, 0.15) is 0 Å². The molecule has 0 aliphatic rings. The molecule has 0 atom stereocenters. The van der Waals surface area contributed by atoms with Gasteiger partial charge >= 0.3 is 0 Å². The fourth-order valence-corrected chi connectivity index (χ4v) is 9.56. The first-order chi connectivity index (χ1) is 33.2. The number of nitrogens with zero attached hydrogens (tertiary/aromatic N) is 4. The van der Waals surface area contributed by atoms with Crippen molar-refractivity contribution in [2.24, 2.45) is 0 Å². The molecule has 3 aromatic heterocycles. The predicted molar refractivity (Wildman–Crippen MR) is 278 cm³/mol. The van der Waals surface area contributed by atoms with Crippen LogP contribution in [0.5, 0.6) is 0 Å². The molecule has 9 aromatic carbocycles. The molecular formula is C63H42N4. The van der Waals surface area contributed by atoms with Crippen molar-refractivity contribution in [3.05, 3.63) is 255 Å². The zero-order chi connectivity index (χ0) is 44.5. The van der Waals surface area contributed by atoms with Crippen LogP contribution in [0, 0.1) is 0 Å². The number of hydrogen-bond donors (Lipinski definition) is 0. The quantitative estimate of drug-likeness (QED) is 0.145. The van der Waals surface area contributed by atoms with E-state index in [2.05, 4.69) is 253 Å². The molecule has 12 aromatic rings. The molecule has 0 N–H and O–H groups in total. The van der Waals surface area contributed by atoms with Crippen molar-refractivity contribution in [1.82, 2.24) is 19.5 Å². The molecule has 67 heavy (non-hydrogen) atoms. The van der Waals surface area contributed by atoms with Crippen LogP contribution in [0.4, 0.5) is 0 Å². The Bertz CT molecular complexity index is 3560. The van der Waals surface area contributed by atoms with E-state index < -0.39 is 0 Å². The third-order valence-electron chi connectivity index (χ3n) is 12.6. The minimum atomic E-state index is 0.654. The highest BCUT2D eigenvalue weighted by molar-refractivity contribution is 6.09. The van der Waals surface area contributed by atoms with Gasteiger partial charge < -0.3 is 4.57 Å². The molecule has 4 nitrogen and oxygen atoms in total. The molecule has 4 heteroatoms. The minimum absolute atomic E-state index is 0.654. The number of aromatic nitrogens is 4. The predicted octanol–water partition coefficient (Wildman–Crippen LogP) is 16.3. The van der Waals surface area contributed by atoms with Gasteiger partial charge in [0.15, 0.2) is 5.82 Å². The molecule has 0 amide bonds. The van der Waals surface area contributed by atoms with Gasteiger partial charge in [-0.2, -0.15) is 0 Å². The van der Waals surface area contributed by atoms with Gasteiger partial charge in [0.25, 0.3) is 0 Å². The molecule has 0 spiro atoms. The first-order valence-electron chi connectivity index (χ1n) is 22.7. The van der Waals surface area contributed by atoms with E-state index in [4.69, 9.17) is 15.0 Å². The maximum Gasteiger partial charge on any atom is 0.160 e. The summed E-state index contributed by atoms with van der Waals surface area (Å²) >= 11 is 0. The van der Waals surface area contributed by atoms with Crippen LogP contribution in [0.2, 0.25) is 0 Å². The lowest BCUT2D eigenvalue weighted by Crippen LogP contribution is -2.02. The van der Waals surface area contributed by atoms with E-state index in [0.717, 1.165) is 101 Å². The number of rotatable bonds is 9. The second kappa shape index (κ2) is 17.2. The molecule has 0 unspecified atom stereocenters. The van der Waals surface area contributed by atoms with Gasteiger partial charge in [0.05, 0.1) is 33.8 Å². The number of fused-ring (bicyclic) bond motifs is 3. The monoisotopic (exact) mass is 854 g/mol. The summed E-state index contributed by atoms with van der Waals surface area (Å²) in [4.78, 5) is 16.4. The van der Waals surface area contributed by atoms with Gasteiger partial charge in [-0.25, -0.2) is 15.0 Å². The maximum atomic E-state index is 5.66. The molecule has 0 bridgehead atoms. The Morgan fingerprint density at radius 1 is 0.254 bits per heavy atom. The summed E-state index contributed by atoms with van der Waals surface area (Å²) in [5.41, 5.74) is 18.4. The number of para-hydroxylation sites is 2. The standard InChI is InChI=1S/C63H42N4/c1-6-22-43(23-7-1)54-42-55(65-63(64-54)50-34-21-35-51(41-50)67-56-38-18-16-36-52(56)53-37-17-19-39-57(53)67)48-32-20-33-49(40-48)58-59(44-24-8-2-9-25-44)61(46-28-12-4-13-29-46)66-62(47-30-14-5-15-31-47)60(58)45-26-10-3-11-27-45/h1-42H. The van der Waals surface area contributed by atoms with E-state index in [1.807, 2.05) is 6.07 Å². The van der Waals surface area contributed by atoms with Crippen LogP contribution >= 0.6 is 0 Å². The van der Waals surface area contributed by atoms with E-state index in [0.29, 0.717) is 5.82 Å². The molecular weight excluding hydrogens is 813 g/mol. The summed E-state index contributed by atoms with van der Waals surface area (Å²) in [5.74, 6) is 0.654. The van der Waals surface area contributed by atoms with Gasteiger partial charge in [-0.05, 0) is 53.1 Å². The van der Waals surface area contributed by atoms with E-state index in [-0.39, 0.29) is 0 Å². The zero-order valence-corrected chi connectivity index (χ0v) is 36.5. The zero-order valence-electron chi connectivity index (χ0n) is 36.5. The van der Waals surface area contributed by atoms with E-state index >= 15 is 0 Å². The Hall–Kier alpha value is -8.99. The first-order valence-corrected chi connectivity index (χ1v) is 22.7. The molecule has 0 saturated heterocycles. The molecule has 0 aliphatic heterocycles. The topological polar surface area (TPSA) is 43.6 Å². The van der Waals surface area contributed by atoms with Gasteiger partial charge in [0.1, 0.15) is 0 Å². The summed E-state index contributed by atoms with van der Waals surface area (Å²) in [5, 5.41) is 2.44. The van der Waals surface area contributed by atoms with Crippen molar-refractivity contribution in [2.75, 3.05) is 0 Å². The summed E-state index contributed by atoms with van der Waals surface area (Å²) in [6.45, 7) is 0. The Balaban J connectivity index is 1.10. The second-order valence-corrected chi connectivity index (χ2v) is 16.7. The Morgan fingerprint density at radius 3 is 1.19 bits per heavy atom. The van der Waals surface area contributed by atoms with Gasteiger partial charge in [0.2, 0.25) is 0 Å². The lowest BCUT2D eigenvalue weighted by molar-refractivity contribution is 1.16. The number of benzene rings is 9. The minimum Gasteiger partial charge on any atom is -0.309 e. The van der Waals surface area contributed by atoms with Crippen molar-refractivity contribution in [3.63, 3.8) is 0 Å². The summed E-state index contributed by atoms with van der Waals surface area (Å²) < 4.78 is 2.34. The largest absolute Gasteiger partial charge is 0.309 e. The molecule has 3 heterocycles. The van der Waals surface area contributed by atoms with E-state index in [1.54, 1.807) is 0 Å². The SMILES string of the molecule is c1ccc(-c2cc(-c3cccc(-c4c(-c5ccccc5)c(-c5ccccc5)nc(-c5ccccc5)c4-c4ccccc4)c3)nc(-c3cccc(-n4c5ccccc5c5ccccc54)c3)n2)cc1. The third kappa shape index (κ3) is 7.37. The Kier molecular flexibility index (Phi) is 10.2. The van der Waals surface area contributed by atoms with Gasteiger partial charge in [-0.1, -0.05) is 218 Å². The van der Waals surface area contributed by atoms with E-state index in [9.17, 15) is 0 Å². The lowest BCUT2D eigenvalue weighted by Gasteiger charge is -2.23. The fourth-order valence-electron chi connectivity index (χ4n) is 9.56. The lowest BCUT2D eigenvalue weighted by atomic mass is 9.83. The Morgan fingerprint density at radius 2 is 0.657 bits per heavy atom. The van der Waals surface area contributed by atoms with E-state index in [1.165, 1.54) is 10.8 Å². The van der Waals surface area contributed by atoms with Crippen LogP contribution in [0.15, 0.2) is 255 Å². The molecule has 0 saturated carbocycles. The number of hydrogen-bond acceptors (Lipinski definition) is 3. The highest BCUT2D eigenvalue weighted by Crippen LogP contribution is 2.49. The molecule has 0 fully saturated rings. The molecule has 12 rings (SSSR count). The average Bonchev–Trinajstić information content (AvgIpc) is 3.76. The van der Waals surface area contributed by atoms with Crippen LogP contribution in [-0.2, 0) is 0 Å². The second-order valence-electron chi connectivity index (χ2n) is 16.7. The molecule has 0 aliphatic carbocycles. The van der Waals surface area contributed by atoms with Crippen molar-refractivity contribution in [2.45, 2.75) is 0 Å².